The van der Waals surface area contributed by atoms with Crippen molar-refractivity contribution in [2.45, 2.75) is 31.9 Å². The molecule has 0 aliphatic heterocycles. The van der Waals surface area contributed by atoms with Crippen LogP contribution in [0.5, 0.6) is 0 Å². The van der Waals surface area contributed by atoms with Gasteiger partial charge in [0, 0.05) is 24.4 Å². The Morgan fingerprint density at radius 2 is 2.10 bits per heavy atom. The van der Waals surface area contributed by atoms with Gasteiger partial charge in [0.1, 0.15) is 0 Å². The highest BCUT2D eigenvalue weighted by atomic mass is 16.5. The van der Waals surface area contributed by atoms with Gasteiger partial charge in [0.05, 0.1) is 13.0 Å². The number of rotatable bonds is 7. The van der Waals surface area contributed by atoms with Crippen molar-refractivity contribution in [2.75, 3.05) is 12.4 Å². The third-order valence-corrected chi connectivity index (χ3v) is 3.47. The van der Waals surface area contributed by atoms with Crippen molar-refractivity contribution in [3.8, 4) is 0 Å². The van der Waals surface area contributed by atoms with E-state index in [4.69, 9.17) is 9.84 Å². The van der Waals surface area contributed by atoms with Crippen LogP contribution in [-0.2, 0) is 16.1 Å². The minimum Gasteiger partial charge on any atom is -0.481 e. The van der Waals surface area contributed by atoms with E-state index in [1.807, 2.05) is 18.2 Å². The van der Waals surface area contributed by atoms with Gasteiger partial charge in [0.25, 0.3) is 0 Å². The van der Waals surface area contributed by atoms with Gasteiger partial charge in [-0.25, -0.2) is 4.79 Å². The summed E-state index contributed by atoms with van der Waals surface area (Å²) in [5.41, 5.74) is 1.54. The molecular weight excluding hydrogens is 272 g/mol. The number of ether oxygens (including phenoxy) is 1. The molecule has 0 bridgehead atoms. The fourth-order valence-corrected chi connectivity index (χ4v) is 2.27. The van der Waals surface area contributed by atoms with E-state index in [1.54, 1.807) is 13.2 Å². The highest BCUT2D eigenvalue weighted by molar-refractivity contribution is 5.90. The van der Waals surface area contributed by atoms with Gasteiger partial charge < -0.3 is 20.5 Å². The van der Waals surface area contributed by atoms with Gasteiger partial charge in [-0.3, -0.25) is 4.79 Å². The standard InChI is InChI=1S/C15H20N2O4/c1-21-9-11-4-2-3-5-12(11)16-15(20)17-13(8-14(18)19)10-6-7-10/h2-5,10,13H,6-9H2,1H3,(H,18,19)(H2,16,17,20). The number of benzene rings is 1. The molecule has 2 rings (SSSR count). The number of carboxylic acid groups (broad SMARTS) is 1. The van der Waals surface area contributed by atoms with Gasteiger partial charge in [-0.05, 0) is 24.8 Å². The fourth-order valence-electron chi connectivity index (χ4n) is 2.27. The Balaban J connectivity index is 1.95. The summed E-state index contributed by atoms with van der Waals surface area (Å²) in [7, 11) is 1.59. The van der Waals surface area contributed by atoms with E-state index in [-0.39, 0.29) is 24.4 Å². The molecule has 1 saturated carbocycles. The number of carbonyl (C=O) groups excluding carboxylic acids is 1. The van der Waals surface area contributed by atoms with Crippen LogP contribution in [0.25, 0.3) is 0 Å². The maximum atomic E-state index is 12.0. The zero-order valence-electron chi connectivity index (χ0n) is 12.0. The van der Waals surface area contributed by atoms with E-state index in [0.29, 0.717) is 12.3 Å². The lowest BCUT2D eigenvalue weighted by atomic mass is 10.1. The zero-order chi connectivity index (χ0) is 15.2. The van der Waals surface area contributed by atoms with Crippen LogP contribution in [0.1, 0.15) is 24.8 Å². The summed E-state index contributed by atoms with van der Waals surface area (Å²) in [6.07, 6.45) is 1.90. The number of urea groups is 1. The van der Waals surface area contributed by atoms with Gasteiger partial charge in [-0.15, -0.1) is 0 Å². The Labute approximate surface area is 123 Å². The lowest BCUT2D eigenvalue weighted by Gasteiger charge is -2.17. The summed E-state index contributed by atoms with van der Waals surface area (Å²) in [6, 6.07) is 6.67. The molecule has 0 spiro atoms. The van der Waals surface area contributed by atoms with E-state index >= 15 is 0 Å². The van der Waals surface area contributed by atoms with E-state index in [9.17, 15) is 9.59 Å². The maximum Gasteiger partial charge on any atom is 0.319 e. The predicted octanol–water partition coefficient (Wildman–Crippen LogP) is 2.21. The van der Waals surface area contributed by atoms with E-state index in [0.717, 1.165) is 18.4 Å². The molecule has 2 amide bonds. The van der Waals surface area contributed by atoms with Crippen molar-refractivity contribution in [1.29, 1.82) is 0 Å². The van der Waals surface area contributed by atoms with Crippen molar-refractivity contribution < 1.29 is 19.4 Å². The van der Waals surface area contributed by atoms with Crippen LogP contribution in [0, 0.1) is 5.92 Å². The Morgan fingerprint density at radius 3 is 2.71 bits per heavy atom. The molecule has 114 valence electrons. The second-order valence-electron chi connectivity index (χ2n) is 5.23. The normalized spacial score (nSPS) is 15.3. The second-order valence-corrected chi connectivity index (χ2v) is 5.23. The fraction of sp³-hybridized carbons (Fsp3) is 0.467. The Hall–Kier alpha value is -2.08. The molecule has 1 fully saturated rings. The lowest BCUT2D eigenvalue weighted by Crippen LogP contribution is -2.40. The van der Waals surface area contributed by atoms with E-state index in [1.165, 1.54) is 0 Å². The number of carbonyl (C=O) groups is 2. The average molecular weight is 292 g/mol. The van der Waals surface area contributed by atoms with Crippen LogP contribution < -0.4 is 10.6 Å². The molecule has 0 heterocycles. The first kappa shape index (κ1) is 15.3. The van der Waals surface area contributed by atoms with Crippen LogP contribution in [0.3, 0.4) is 0 Å². The van der Waals surface area contributed by atoms with Gasteiger partial charge in [0.2, 0.25) is 0 Å². The monoisotopic (exact) mass is 292 g/mol. The Morgan fingerprint density at radius 1 is 1.38 bits per heavy atom. The molecule has 21 heavy (non-hydrogen) atoms. The van der Waals surface area contributed by atoms with Crippen molar-refractivity contribution in [1.82, 2.24) is 5.32 Å². The number of aliphatic carboxylic acids is 1. The van der Waals surface area contributed by atoms with Crippen LogP contribution >= 0.6 is 0 Å². The number of para-hydroxylation sites is 1. The molecule has 3 N–H and O–H groups in total. The summed E-state index contributed by atoms with van der Waals surface area (Å²) >= 11 is 0. The molecule has 0 saturated heterocycles. The number of methoxy groups -OCH3 is 1. The number of nitrogens with one attached hydrogen (secondary N) is 2. The molecule has 1 atom stereocenters. The van der Waals surface area contributed by atoms with Crippen molar-refractivity contribution in [3.63, 3.8) is 0 Å². The first-order valence-electron chi connectivity index (χ1n) is 6.96. The topological polar surface area (TPSA) is 87.7 Å². The smallest absolute Gasteiger partial charge is 0.319 e. The summed E-state index contributed by atoms with van der Waals surface area (Å²) in [5.74, 6) is -0.618. The minimum atomic E-state index is -0.896. The summed E-state index contributed by atoms with van der Waals surface area (Å²) in [6.45, 7) is 0.400. The van der Waals surface area contributed by atoms with Crippen molar-refractivity contribution >= 4 is 17.7 Å². The predicted molar refractivity (Wildman–Crippen MR) is 78.1 cm³/mol. The van der Waals surface area contributed by atoms with E-state index in [2.05, 4.69) is 10.6 Å². The highest BCUT2D eigenvalue weighted by Gasteiger charge is 2.33. The quantitative estimate of drug-likeness (QED) is 0.719. The third-order valence-electron chi connectivity index (χ3n) is 3.47. The van der Waals surface area contributed by atoms with Crippen molar-refractivity contribution in [3.05, 3.63) is 29.8 Å². The second kappa shape index (κ2) is 7.08. The SMILES string of the molecule is COCc1ccccc1NC(=O)NC(CC(=O)O)C1CC1. The first-order chi connectivity index (χ1) is 10.1. The van der Waals surface area contributed by atoms with Crippen LogP contribution in [0.2, 0.25) is 0 Å². The molecule has 6 heteroatoms. The van der Waals surface area contributed by atoms with Crippen LogP contribution in [0.4, 0.5) is 10.5 Å². The third kappa shape index (κ3) is 4.75. The average Bonchev–Trinajstić information content (AvgIpc) is 3.24. The molecule has 1 aliphatic rings. The molecule has 0 radical (unpaired) electrons. The maximum absolute atomic E-state index is 12.0. The number of hydrogen-bond acceptors (Lipinski definition) is 3. The summed E-state index contributed by atoms with van der Waals surface area (Å²) < 4.78 is 5.08. The van der Waals surface area contributed by atoms with E-state index < -0.39 is 5.97 Å². The number of amides is 2. The molecule has 6 nitrogen and oxygen atoms in total. The molecule has 1 unspecified atom stereocenters. The molecule has 0 aromatic heterocycles. The van der Waals surface area contributed by atoms with Gasteiger partial charge in [-0.1, -0.05) is 18.2 Å². The molecule has 1 aliphatic carbocycles. The summed E-state index contributed by atoms with van der Waals surface area (Å²) in [4.78, 5) is 22.9. The highest BCUT2D eigenvalue weighted by Crippen LogP contribution is 2.34. The van der Waals surface area contributed by atoms with Gasteiger partial charge >= 0.3 is 12.0 Å². The summed E-state index contributed by atoms with van der Waals surface area (Å²) in [5, 5.41) is 14.4. The largest absolute Gasteiger partial charge is 0.481 e. The van der Waals surface area contributed by atoms with Crippen LogP contribution in [-0.4, -0.2) is 30.3 Å². The molecule has 1 aromatic rings. The van der Waals surface area contributed by atoms with Gasteiger partial charge in [-0.2, -0.15) is 0 Å². The Bertz CT molecular complexity index is 514. The zero-order valence-corrected chi connectivity index (χ0v) is 12.0. The van der Waals surface area contributed by atoms with Gasteiger partial charge in [0.15, 0.2) is 0 Å². The first-order valence-corrected chi connectivity index (χ1v) is 6.96. The van der Waals surface area contributed by atoms with Crippen molar-refractivity contribution in [2.24, 2.45) is 5.92 Å². The lowest BCUT2D eigenvalue weighted by molar-refractivity contribution is -0.137. The van der Waals surface area contributed by atoms with Crippen LogP contribution in [0.15, 0.2) is 24.3 Å². The number of carboxylic acids is 1. The Kier molecular flexibility index (Phi) is 5.16. The molecule has 1 aromatic carbocycles. The molecular formula is C15H20N2O4. The minimum absolute atomic E-state index is 0.0438. The number of anilines is 1. The number of hydrogen-bond donors (Lipinski definition) is 3.